The molecule has 2 aromatic heterocycles. The van der Waals surface area contributed by atoms with Gasteiger partial charge in [0.15, 0.2) is 0 Å². The summed E-state index contributed by atoms with van der Waals surface area (Å²) in [6.45, 7) is 6.63. The summed E-state index contributed by atoms with van der Waals surface area (Å²) in [7, 11) is 1.57. The van der Waals surface area contributed by atoms with Crippen molar-refractivity contribution in [1.29, 1.82) is 5.26 Å². The molecule has 1 atom stereocenters. The van der Waals surface area contributed by atoms with Crippen LogP contribution in [0.25, 0.3) is 10.8 Å². The van der Waals surface area contributed by atoms with Gasteiger partial charge in [0.1, 0.15) is 11.6 Å². The Morgan fingerprint density at radius 1 is 1.20 bits per heavy atom. The molecular weight excluding hydrogens is 442 g/mol. The van der Waals surface area contributed by atoms with Crippen molar-refractivity contribution in [1.82, 2.24) is 19.9 Å². The van der Waals surface area contributed by atoms with E-state index in [0.717, 1.165) is 46.6 Å². The second kappa shape index (κ2) is 9.58. The maximum absolute atomic E-state index is 12.3. The van der Waals surface area contributed by atoms with Gasteiger partial charge in [-0.15, -0.1) is 0 Å². The Bertz CT molecular complexity index is 1310. The minimum absolute atomic E-state index is 0.148. The van der Waals surface area contributed by atoms with Crippen molar-refractivity contribution in [3.05, 3.63) is 60.4 Å². The molecule has 9 heteroatoms. The maximum Gasteiger partial charge on any atom is 0.318 e. The zero-order chi connectivity index (χ0) is 24.4. The Kier molecular flexibility index (Phi) is 6.19. The highest BCUT2D eigenvalue weighted by Crippen LogP contribution is 2.33. The van der Waals surface area contributed by atoms with Gasteiger partial charge in [-0.05, 0) is 23.9 Å². The van der Waals surface area contributed by atoms with Crippen LogP contribution in [0.3, 0.4) is 0 Å². The molecule has 0 spiro atoms. The third-order valence-electron chi connectivity index (χ3n) is 6.72. The highest BCUT2D eigenvalue weighted by Gasteiger charge is 2.33. The van der Waals surface area contributed by atoms with E-state index in [1.54, 1.807) is 12.0 Å². The summed E-state index contributed by atoms with van der Waals surface area (Å²) in [5.41, 5.74) is 2.00. The summed E-state index contributed by atoms with van der Waals surface area (Å²) < 4.78 is 5.46. The Balaban J connectivity index is 1.47. The molecule has 1 amide bonds. The van der Waals surface area contributed by atoms with Crippen LogP contribution in [-0.2, 0) is 17.8 Å². The number of rotatable bonds is 5. The molecule has 4 heterocycles. The topological polar surface area (TPSA) is 98.5 Å². The second-order valence-electron chi connectivity index (χ2n) is 8.68. The van der Waals surface area contributed by atoms with Crippen molar-refractivity contribution in [3.8, 4) is 12.1 Å². The average molecular weight is 470 g/mol. The fourth-order valence-electron chi connectivity index (χ4n) is 5.01. The molecule has 5 rings (SSSR count). The fraction of sp³-hybridized carbons (Fsp3) is 0.346. The molecule has 2 aliphatic heterocycles. The van der Waals surface area contributed by atoms with Gasteiger partial charge in [-0.1, -0.05) is 30.8 Å². The number of pyridine rings is 1. The number of hydrogen-bond donors (Lipinski definition) is 0. The van der Waals surface area contributed by atoms with E-state index >= 15 is 0 Å². The van der Waals surface area contributed by atoms with E-state index in [9.17, 15) is 10.1 Å². The number of piperazine rings is 1. The van der Waals surface area contributed by atoms with Crippen LogP contribution >= 0.6 is 0 Å². The summed E-state index contributed by atoms with van der Waals surface area (Å²) in [6.07, 6.45) is 4.17. The van der Waals surface area contributed by atoms with E-state index in [-0.39, 0.29) is 18.4 Å². The molecule has 1 fully saturated rings. The molecule has 1 aromatic carbocycles. The predicted octanol–water partition coefficient (Wildman–Crippen LogP) is 2.71. The number of ether oxygens (including phenoxy) is 1. The first-order chi connectivity index (χ1) is 17.1. The van der Waals surface area contributed by atoms with Crippen LogP contribution < -0.4 is 14.5 Å². The average Bonchev–Trinajstić information content (AvgIpc) is 2.91. The van der Waals surface area contributed by atoms with Crippen LogP contribution in [0.2, 0.25) is 0 Å². The third kappa shape index (κ3) is 4.23. The lowest BCUT2D eigenvalue weighted by Gasteiger charge is -2.42. The molecule has 35 heavy (non-hydrogen) atoms. The number of nitriles is 1. The molecule has 2 aliphatic rings. The number of carbonyl (C=O) groups excluding carboxylic acids is 1. The number of fused-ring (bicyclic) bond motifs is 2. The van der Waals surface area contributed by atoms with Gasteiger partial charge < -0.3 is 19.4 Å². The predicted molar refractivity (Wildman–Crippen MR) is 133 cm³/mol. The number of hydrogen-bond acceptors (Lipinski definition) is 8. The van der Waals surface area contributed by atoms with Crippen molar-refractivity contribution in [2.24, 2.45) is 0 Å². The van der Waals surface area contributed by atoms with Crippen LogP contribution in [0.4, 0.5) is 11.6 Å². The molecular formula is C26H27N7O2. The van der Waals surface area contributed by atoms with E-state index in [1.807, 2.05) is 24.4 Å². The minimum Gasteiger partial charge on any atom is -0.467 e. The minimum atomic E-state index is -0.226. The first-order valence-electron chi connectivity index (χ1n) is 11.7. The van der Waals surface area contributed by atoms with Gasteiger partial charge in [-0.3, -0.25) is 4.79 Å². The number of anilines is 2. The molecule has 1 unspecified atom stereocenters. The van der Waals surface area contributed by atoms with Gasteiger partial charge in [0.2, 0.25) is 5.91 Å². The molecule has 3 aromatic rings. The zero-order valence-corrected chi connectivity index (χ0v) is 19.7. The summed E-state index contributed by atoms with van der Waals surface area (Å²) >= 11 is 0. The zero-order valence-electron chi connectivity index (χ0n) is 19.7. The van der Waals surface area contributed by atoms with Gasteiger partial charge in [0.05, 0.1) is 37.9 Å². The van der Waals surface area contributed by atoms with Crippen LogP contribution in [-0.4, -0.2) is 65.1 Å². The van der Waals surface area contributed by atoms with Crippen LogP contribution in [0.5, 0.6) is 6.01 Å². The molecule has 0 bridgehead atoms. The second-order valence-corrected chi connectivity index (χ2v) is 8.68. The quantitative estimate of drug-likeness (QED) is 0.526. The van der Waals surface area contributed by atoms with Crippen molar-refractivity contribution in [3.63, 3.8) is 0 Å². The Morgan fingerprint density at radius 3 is 2.86 bits per heavy atom. The Labute approximate surface area is 204 Å². The smallest absolute Gasteiger partial charge is 0.318 e. The summed E-state index contributed by atoms with van der Waals surface area (Å²) in [6, 6.07) is 12.6. The normalized spacial score (nSPS) is 17.6. The summed E-state index contributed by atoms with van der Waals surface area (Å²) in [4.78, 5) is 32.5. The van der Waals surface area contributed by atoms with E-state index in [2.05, 4.69) is 39.6 Å². The van der Waals surface area contributed by atoms with Crippen LogP contribution in [0.1, 0.15) is 17.7 Å². The SMILES string of the molecule is C=CC(=O)N1CCN(c2nc(OC)nc3c2CCN(c2nccc4ccccc24)C3)CC1CC#N. The first-order valence-corrected chi connectivity index (χ1v) is 11.7. The van der Waals surface area contributed by atoms with Gasteiger partial charge >= 0.3 is 6.01 Å². The van der Waals surface area contributed by atoms with E-state index < -0.39 is 0 Å². The molecule has 178 valence electrons. The maximum atomic E-state index is 12.3. The lowest BCUT2D eigenvalue weighted by molar-refractivity contribution is -0.128. The van der Waals surface area contributed by atoms with Gasteiger partial charge in [0.25, 0.3) is 0 Å². The molecule has 0 saturated carbocycles. The van der Waals surface area contributed by atoms with Gasteiger partial charge in [-0.2, -0.15) is 15.2 Å². The Hall–Kier alpha value is -4.19. The first kappa shape index (κ1) is 22.6. The van der Waals surface area contributed by atoms with E-state index in [0.29, 0.717) is 32.2 Å². The molecule has 0 radical (unpaired) electrons. The number of aromatic nitrogens is 3. The molecule has 1 saturated heterocycles. The largest absolute Gasteiger partial charge is 0.467 e. The fourth-order valence-corrected chi connectivity index (χ4v) is 5.01. The van der Waals surface area contributed by atoms with Crippen LogP contribution in [0, 0.1) is 11.3 Å². The Morgan fingerprint density at radius 2 is 2.06 bits per heavy atom. The van der Waals surface area contributed by atoms with Gasteiger partial charge in [-0.25, -0.2) is 4.98 Å². The lowest BCUT2D eigenvalue weighted by Crippen LogP contribution is -2.55. The third-order valence-corrected chi connectivity index (χ3v) is 6.72. The van der Waals surface area contributed by atoms with Crippen molar-refractivity contribution >= 4 is 28.3 Å². The van der Waals surface area contributed by atoms with Crippen molar-refractivity contribution < 1.29 is 9.53 Å². The number of benzene rings is 1. The monoisotopic (exact) mass is 469 g/mol. The molecule has 0 N–H and O–H groups in total. The highest BCUT2D eigenvalue weighted by atomic mass is 16.5. The summed E-state index contributed by atoms with van der Waals surface area (Å²) in [5.74, 6) is 1.62. The van der Waals surface area contributed by atoms with Crippen molar-refractivity contribution in [2.45, 2.75) is 25.4 Å². The highest BCUT2D eigenvalue weighted by molar-refractivity contribution is 5.92. The van der Waals surface area contributed by atoms with E-state index in [4.69, 9.17) is 14.7 Å². The van der Waals surface area contributed by atoms with Gasteiger partial charge in [0, 0.05) is 43.3 Å². The standard InChI is InChI=1S/C26H27N7O2/c1-3-23(34)33-15-14-32(16-19(33)8-11-27)25-21-10-13-31(17-22(21)29-26(30-25)35-2)24-20-7-5-4-6-18(20)9-12-28-24/h3-7,9,12,19H,1,8,10,13-17H2,2H3. The van der Waals surface area contributed by atoms with E-state index in [1.165, 1.54) is 6.08 Å². The number of methoxy groups -OCH3 is 1. The number of nitrogens with zero attached hydrogens (tertiary/aromatic N) is 7. The van der Waals surface area contributed by atoms with Crippen LogP contribution in [0.15, 0.2) is 49.2 Å². The lowest BCUT2D eigenvalue weighted by atomic mass is 10.0. The molecule has 0 aliphatic carbocycles. The molecule has 9 nitrogen and oxygen atoms in total. The van der Waals surface area contributed by atoms with Crippen molar-refractivity contribution in [2.75, 3.05) is 43.1 Å². The number of carbonyl (C=O) groups is 1. The summed E-state index contributed by atoms with van der Waals surface area (Å²) in [5, 5.41) is 11.6. The number of amides is 1.